The highest BCUT2D eigenvalue weighted by molar-refractivity contribution is 5.85. The van der Waals surface area contributed by atoms with Crippen molar-refractivity contribution in [3.63, 3.8) is 0 Å². The van der Waals surface area contributed by atoms with Gasteiger partial charge in [0.15, 0.2) is 5.69 Å². The number of carboxylic acid groups (broad SMARTS) is 1. The Morgan fingerprint density at radius 1 is 1.59 bits per heavy atom. The molecule has 2 heterocycles. The summed E-state index contributed by atoms with van der Waals surface area (Å²) in [6, 6.07) is 0. The van der Waals surface area contributed by atoms with E-state index in [1.807, 2.05) is 0 Å². The second-order valence-corrected chi connectivity index (χ2v) is 4.46. The normalized spacial score (nSPS) is 19.6. The van der Waals surface area contributed by atoms with Crippen LogP contribution in [0.3, 0.4) is 0 Å². The van der Waals surface area contributed by atoms with Crippen molar-refractivity contribution >= 4 is 11.8 Å². The number of anilines is 1. The second-order valence-electron chi connectivity index (χ2n) is 4.46. The summed E-state index contributed by atoms with van der Waals surface area (Å²) < 4.78 is 0. The molecule has 5 nitrogen and oxygen atoms in total. The molecular formula is C12H17N3O2. The van der Waals surface area contributed by atoms with Gasteiger partial charge in [-0.15, -0.1) is 0 Å². The second kappa shape index (κ2) is 5.12. The van der Waals surface area contributed by atoms with Crippen LogP contribution in [-0.2, 0) is 0 Å². The van der Waals surface area contributed by atoms with Gasteiger partial charge in [0.2, 0.25) is 0 Å². The number of aromatic nitrogens is 2. The molecule has 1 fully saturated rings. The van der Waals surface area contributed by atoms with Crippen LogP contribution in [0.1, 0.15) is 36.7 Å². The highest BCUT2D eigenvalue weighted by Gasteiger charge is 2.23. The number of nitrogens with zero attached hydrogens (tertiary/aromatic N) is 3. The Balaban J connectivity index is 2.08. The first-order chi connectivity index (χ1) is 8.20. The maximum atomic E-state index is 10.8. The van der Waals surface area contributed by atoms with Crippen LogP contribution in [0.25, 0.3) is 0 Å². The molecule has 1 N–H and O–H groups in total. The smallest absolute Gasteiger partial charge is 0.356 e. The standard InChI is InChI=1S/C12H17N3O2/c1-2-3-9-4-5-15(8-9)11-7-13-6-10(14-11)12(16)17/h6-7,9H,2-5,8H2,1H3,(H,16,17). The fourth-order valence-corrected chi connectivity index (χ4v) is 2.30. The zero-order valence-electron chi connectivity index (χ0n) is 9.96. The van der Waals surface area contributed by atoms with Crippen LogP contribution >= 0.6 is 0 Å². The molecule has 0 radical (unpaired) electrons. The summed E-state index contributed by atoms with van der Waals surface area (Å²) >= 11 is 0. The Hall–Kier alpha value is -1.65. The Morgan fingerprint density at radius 2 is 2.41 bits per heavy atom. The average molecular weight is 235 g/mol. The van der Waals surface area contributed by atoms with Crippen molar-refractivity contribution < 1.29 is 9.90 Å². The molecule has 1 unspecified atom stereocenters. The molecule has 17 heavy (non-hydrogen) atoms. The van der Waals surface area contributed by atoms with Crippen molar-refractivity contribution in [1.29, 1.82) is 0 Å². The molecule has 0 spiro atoms. The van der Waals surface area contributed by atoms with Crippen molar-refractivity contribution in [1.82, 2.24) is 9.97 Å². The lowest BCUT2D eigenvalue weighted by Gasteiger charge is -2.17. The fraction of sp³-hybridized carbons (Fsp3) is 0.583. The molecule has 0 aromatic carbocycles. The van der Waals surface area contributed by atoms with E-state index in [2.05, 4.69) is 21.8 Å². The van der Waals surface area contributed by atoms with E-state index in [0.717, 1.165) is 19.5 Å². The van der Waals surface area contributed by atoms with Crippen molar-refractivity contribution in [2.75, 3.05) is 18.0 Å². The quantitative estimate of drug-likeness (QED) is 0.862. The minimum Gasteiger partial charge on any atom is -0.476 e. The van der Waals surface area contributed by atoms with Crippen LogP contribution in [-0.4, -0.2) is 34.1 Å². The predicted molar refractivity (Wildman–Crippen MR) is 64.2 cm³/mol. The highest BCUT2D eigenvalue weighted by Crippen LogP contribution is 2.24. The third kappa shape index (κ3) is 2.72. The lowest BCUT2D eigenvalue weighted by Crippen LogP contribution is -2.22. The molecule has 1 aromatic rings. The molecule has 0 saturated carbocycles. The number of hydrogen-bond donors (Lipinski definition) is 1. The molecule has 1 saturated heterocycles. The van der Waals surface area contributed by atoms with Gasteiger partial charge in [0.1, 0.15) is 5.82 Å². The van der Waals surface area contributed by atoms with Gasteiger partial charge in [0.25, 0.3) is 0 Å². The molecule has 1 aromatic heterocycles. The van der Waals surface area contributed by atoms with Crippen molar-refractivity contribution in [2.24, 2.45) is 5.92 Å². The van der Waals surface area contributed by atoms with E-state index < -0.39 is 5.97 Å². The van der Waals surface area contributed by atoms with E-state index in [-0.39, 0.29) is 5.69 Å². The topological polar surface area (TPSA) is 66.3 Å². The minimum atomic E-state index is -1.02. The average Bonchev–Trinajstić information content (AvgIpc) is 2.78. The zero-order chi connectivity index (χ0) is 12.3. The summed E-state index contributed by atoms with van der Waals surface area (Å²) in [5, 5.41) is 8.87. The first-order valence-corrected chi connectivity index (χ1v) is 6.01. The van der Waals surface area contributed by atoms with Gasteiger partial charge in [-0.3, -0.25) is 4.98 Å². The van der Waals surface area contributed by atoms with Gasteiger partial charge in [0.05, 0.1) is 12.4 Å². The zero-order valence-corrected chi connectivity index (χ0v) is 9.96. The molecular weight excluding hydrogens is 218 g/mol. The van der Waals surface area contributed by atoms with E-state index in [1.165, 1.54) is 19.0 Å². The fourth-order valence-electron chi connectivity index (χ4n) is 2.30. The molecule has 1 aliphatic rings. The number of carbonyl (C=O) groups is 1. The van der Waals surface area contributed by atoms with Gasteiger partial charge in [0, 0.05) is 13.1 Å². The summed E-state index contributed by atoms with van der Waals surface area (Å²) in [5.41, 5.74) is 0.0152. The first kappa shape index (κ1) is 11.8. The molecule has 1 atom stereocenters. The summed E-state index contributed by atoms with van der Waals surface area (Å²) in [6.07, 6.45) is 6.50. The van der Waals surface area contributed by atoms with Crippen LogP contribution in [0, 0.1) is 5.92 Å². The highest BCUT2D eigenvalue weighted by atomic mass is 16.4. The maximum absolute atomic E-state index is 10.8. The molecule has 0 aliphatic carbocycles. The lowest BCUT2D eigenvalue weighted by molar-refractivity contribution is 0.0690. The van der Waals surface area contributed by atoms with Gasteiger partial charge in [-0.05, 0) is 18.8 Å². The number of hydrogen-bond acceptors (Lipinski definition) is 4. The van der Waals surface area contributed by atoms with Crippen LogP contribution in [0.15, 0.2) is 12.4 Å². The summed E-state index contributed by atoms with van der Waals surface area (Å²) in [5.74, 6) is 0.363. The van der Waals surface area contributed by atoms with E-state index in [0.29, 0.717) is 11.7 Å². The molecule has 2 rings (SSSR count). The van der Waals surface area contributed by atoms with E-state index in [9.17, 15) is 4.79 Å². The van der Waals surface area contributed by atoms with Gasteiger partial charge < -0.3 is 10.0 Å². The molecule has 5 heteroatoms. The molecule has 92 valence electrons. The summed E-state index contributed by atoms with van der Waals surface area (Å²) in [7, 11) is 0. The van der Waals surface area contributed by atoms with Crippen molar-refractivity contribution in [3.8, 4) is 0 Å². The van der Waals surface area contributed by atoms with Crippen molar-refractivity contribution in [2.45, 2.75) is 26.2 Å². The van der Waals surface area contributed by atoms with Crippen LogP contribution in [0.2, 0.25) is 0 Å². The van der Waals surface area contributed by atoms with E-state index >= 15 is 0 Å². The predicted octanol–water partition coefficient (Wildman–Crippen LogP) is 1.80. The van der Waals surface area contributed by atoms with Crippen LogP contribution < -0.4 is 4.90 Å². The minimum absolute atomic E-state index is 0.0152. The van der Waals surface area contributed by atoms with Crippen LogP contribution in [0.5, 0.6) is 0 Å². The monoisotopic (exact) mass is 235 g/mol. The summed E-state index contributed by atoms with van der Waals surface area (Å²) in [4.78, 5) is 21.0. The van der Waals surface area contributed by atoms with Crippen molar-refractivity contribution in [3.05, 3.63) is 18.1 Å². The maximum Gasteiger partial charge on any atom is 0.356 e. The lowest BCUT2D eigenvalue weighted by atomic mass is 10.0. The third-order valence-corrected chi connectivity index (χ3v) is 3.15. The molecule has 0 amide bonds. The van der Waals surface area contributed by atoms with Crippen LogP contribution in [0.4, 0.5) is 5.82 Å². The third-order valence-electron chi connectivity index (χ3n) is 3.15. The Bertz CT molecular complexity index is 408. The Labute approximate surface area is 100 Å². The molecule has 1 aliphatic heterocycles. The number of carboxylic acids is 1. The van der Waals surface area contributed by atoms with E-state index in [4.69, 9.17) is 5.11 Å². The first-order valence-electron chi connectivity index (χ1n) is 6.01. The largest absolute Gasteiger partial charge is 0.476 e. The van der Waals surface area contributed by atoms with Gasteiger partial charge in [-0.25, -0.2) is 9.78 Å². The number of aromatic carboxylic acids is 1. The number of rotatable bonds is 4. The Morgan fingerprint density at radius 3 is 3.12 bits per heavy atom. The van der Waals surface area contributed by atoms with E-state index in [1.54, 1.807) is 6.20 Å². The summed E-state index contributed by atoms with van der Waals surface area (Å²) in [6.45, 7) is 4.10. The van der Waals surface area contributed by atoms with Gasteiger partial charge in [-0.2, -0.15) is 0 Å². The Kier molecular flexibility index (Phi) is 3.56. The van der Waals surface area contributed by atoms with Gasteiger partial charge >= 0.3 is 5.97 Å². The van der Waals surface area contributed by atoms with Gasteiger partial charge in [-0.1, -0.05) is 13.3 Å². The SMILES string of the molecule is CCCC1CCN(c2cncc(C(=O)O)n2)C1. The molecule has 0 bridgehead atoms.